The van der Waals surface area contributed by atoms with Gasteiger partial charge >= 0.3 is 0 Å². The molecule has 5 heterocycles. The minimum atomic E-state index is 0. The summed E-state index contributed by atoms with van der Waals surface area (Å²) in [4.78, 5) is 18.8. The predicted octanol–water partition coefficient (Wildman–Crippen LogP) is 4.81. The van der Waals surface area contributed by atoms with Crippen molar-refractivity contribution in [1.82, 2.24) is 0 Å². The molecule has 5 aliphatic heterocycles. The maximum Gasteiger partial charge on any atom is 0.115 e. The zero-order valence-corrected chi connectivity index (χ0v) is 17.6. The van der Waals surface area contributed by atoms with Crippen LogP contribution in [-0.4, -0.2) is 28.0 Å². The molecule has 0 unspecified atom stereocenters. The zero-order chi connectivity index (χ0) is 20.8. The molecule has 0 aliphatic carbocycles. The number of hydrogen-bond acceptors (Lipinski definition) is 5. The van der Waals surface area contributed by atoms with Gasteiger partial charge < -0.3 is 5.11 Å². The molecule has 5 aliphatic rings. The van der Waals surface area contributed by atoms with Gasteiger partial charge in [-0.25, -0.2) is 20.0 Å². The average Bonchev–Trinajstić information content (AvgIpc) is 3.54. The van der Waals surface area contributed by atoms with Crippen LogP contribution < -0.4 is 0 Å². The van der Waals surface area contributed by atoms with E-state index < -0.39 is 0 Å². The third-order valence-electron chi connectivity index (χ3n) is 5.22. The summed E-state index contributed by atoms with van der Waals surface area (Å²) in [5, 5.41) is 9.67. The number of fused-ring (bicyclic) bond motifs is 4. The van der Waals surface area contributed by atoms with Gasteiger partial charge in [0.1, 0.15) is 5.75 Å². The largest absolute Gasteiger partial charge is 0.508 e. The predicted molar refractivity (Wildman–Crippen MR) is 126 cm³/mol. The Labute approximate surface area is 195 Å². The summed E-state index contributed by atoms with van der Waals surface area (Å²) in [6, 6.07) is 7.14. The van der Waals surface area contributed by atoms with Gasteiger partial charge in [0.25, 0.3) is 0 Å². The first kappa shape index (κ1) is 20.1. The van der Waals surface area contributed by atoms with Crippen LogP contribution in [0.3, 0.4) is 0 Å². The molecular formula is C26H16CuN4O. The van der Waals surface area contributed by atoms with E-state index in [1.165, 1.54) is 0 Å². The van der Waals surface area contributed by atoms with Gasteiger partial charge in [-0.1, -0.05) is 12.1 Å². The monoisotopic (exact) mass is 463 g/mol. The Morgan fingerprint density at radius 3 is 1.56 bits per heavy atom. The standard InChI is InChI=1S/C26H16N4O.Cu/c31-24-9-1-16(2-10-24)25-14-23-13-21-6-5-19(28-21)11-17-3-4-18(27-17)12-20-7-8-22(29-20)15-26(25)30-23;/h1-15,31H;. The van der Waals surface area contributed by atoms with Crippen LogP contribution in [0.5, 0.6) is 5.75 Å². The third kappa shape index (κ3) is 3.89. The second-order valence-electron chi connectivity index (χ2n) is 7.49. The molecule has 1 aromatic carbocycles. The van der Waals surface area contributed by atoms with E-state index in [9.17, 15) is 5.11 Å². The van der Waals surface area contributed by atoms with Crippen molar-refractivity contribution in [3.05, 3.63) is 119 Å². The molecule has 5 nitrogen and oxygen atoms in total. The van der Waals surface area contributed by atoms with Crippen molar-refractivity contribution in [2.45, 2.75) is 0 Å². The molecule has 6 rings (SSSR count). The Bertz CT molecular complexity index is 1400. The molecule has 32 heavy (non-hydrogen) atoms. The molecule has 0 amide bonds. The van der Waals surface area contributed by atoms with Crippen LogP contribution in [0, 0.1) is 0 Å². The maximum atomic E-state index is 9.67. The van der Waals surface area contributed by atoms with Crippen LogP contribution in [0.2, 0.25) is 0 Å². The van der Waals surface area contributed by atoms with Crippen molar-refractivity contribution < 1.29 is 22.2 Å². The van der Waals surface area contributed by atoms with Crippen LogP contribution >= 0.6 is 0 Å². The van der Waals surface area contributed by atoms with E-state index in [0.717, 1.165) is 56.8 Å². The van der Waals surface area contributed by atoms with Gasteiger partial charge in [0.15, 0.2) is 0 Å². The molecule has 0 aromatic heterocycles. The fraction of sp³-hybridized carbons (Fsp3) is 0. The molecule has 0 spiro atoms. The third-order valence-corrected chi connectivity index (χ3v) is 5.22. The summed E-state index contributed by atoms with van der Waals surface area (Å²) in [7, 11) is 0. The SMILES string of the molecule is Oc1ccc(C2=CC3=NC2=CC2=NC(=CC4=NC(=CC5=NC(=C3)C=C5)C=C4)C=C2)cc1.[Cu]. The normalized spacial score (nSPS) is 19.8. The molecule has 0 saturated heterocycles. The van der Waals surface area contributed by atoms with Crippen LogP contribution in [0.25, 0.3) is 5.57 Å². The molecule has 0 saturated carbocycles. The van der Waals surface area contributed by atoms with Crippen LogP contribution in [0.4, 0.5) is 0 Å². The van der Waals surface area contributed by atoms with E-state index in [1.54, 1.807) is 12.1 Å². The van der Waals surface area contributed by atoms with E-state index in [1.807, 2.05) is 79.0 Å². The molecule has 0 atom stereocenters. The van der Waals surface area contributed by atoms with Gasteiger partial charge in [-0.15, -0.1) is 0 Å². The van der Waals surface area contributed by atoms with Crippen molar-refractivity contribution in [1.29, 1.82) is 0 Å². The molecule has 0 fully saturated rings. The van der Waals surface area contributed by atoms with Gasteiger partial charge in [-0.05, 0) is 84.5 Å². The number of rotatable bonds is 1. The summed E-state index contributed by atoms with van der Waals surface area (Å²) < 4.78 is 0. The number of allylic oxidation sites excluding steroid dienone is 12. The maximum absolute atomic E-state index is 9.67. The van der Waals surface area contributed by atoms with Crippen molar-refractivity contribution in [2.75, 3.05) is 0 Å². The smallest absolute Gasteiger partial charge is 0.115 e. The number of hydrogen-bond donors (Lipinski definition) is 1. The number of aromatic hydroxyl groups is 1. The zero-order valence-electron chi connectivity index (χ0n) is 16.7. The van der Waals surface area contributed by atoms with E-state index in [-0.39, 0.29) is 22.8 Å². The van der Waals surface area contributed by atoms with Crippen molar-refractivity contribution in [3.8, 4) is 5.75 Å². The van der Waals surface area contributed by atoms with E-state index in [4.69, 9.17) is 9.98 Å². The van der Waals surface area contributed by atoms with E-state index >= 15 is 0 Å². The molecule has 8 bridgehead atoms. The van der Waals surface area contributed by atoms with E-state index in [2.05, 4.69) is 9.98 Å². The second kappa shape index (κ2) is 8.00. The summed E-state index contributed by atoms with van der Waals surface area (Å²) in [6.07, 6.45) is 21.8. The van der Waals surface area contributed by atoms with Gasteiger partial charge in [-0.3, -0.25) is 0 Å². The van der Waals surface area contributed by atoms with Crippen molar-refractivity contribution in [2.24, 2.45) is 20.0 Å². The number of benzene rings is 1. The number of nitrogens with zero attached hydrogens (tertiary/aromatic N) is 4. The average molecular weight is 464 g/mol. The van der Waals surface area contributed by atoms with Gasteiger partial charge in [-0.2, -0.15) is 0 Å². The van der Waals surface area contributed by atoms with Crippen molar-refractivity contribution >= 4 is 28.4 Å². The molecule has 157 valence electrons. The summed E-state index contributed by atoms with van der Waals surface area (Å²) in [6.45, 7) is 0. The number of aliphatic imine (C=N–C) groups is 4. The molecule has 1 aromatic rings. The topological polar surface area (TPSA) is 69.7 Å². The number of phenolic OH excluding ortho intramolecular Hbond substituents is 1. The quantitative estimate of drug-likeness (QED) is 0.596. The Morgan fingerprint density at radius 2 is 1.00 bits per heavy atom. The fourth-order valence-electron chi connectivity index (χ4n) is 3.77. The van der Waals surface area contributed by atoms with Crippen molar-refractivity contribution in [3.63, 3.8) is 0 Å². The first-order valence-electron chi connectivity index (χ1n) is 9.95. The number of phenols is 1. The van der Waals surface area contributed by atoms with Gasteiger partial charge in [0, 0.05) is 22.6 Å². The Kier molecular flexibility index (Phi) is 5.02. The van der Waals surface area contributed by atoms with Crippen LogP contribution in [-0.2, 0) is 17.1 Å². The van der Waals surface area contributed by atoms with Crippen LogP contribution in [0.15, 0.2) is 134 Å². The van der Waals surface area contributed by atoms with Gasteiger partial charge in [0.2, 0.25) is 0 Å². The summed E-state index contributed by atoms with van der Waals surface area (Å²) >= 11 is 0. The Morgan fingerprint density at radius 1 is 0.500 bits per heavy atom. The molecular weight excluding hydrogens is 448 g/mol. The van der Waals surface area contributed by atoms with E-state index in [0.29, 0.717) is 0 Å². The first-order valence-corrected chi connectivity index (χ1v) is 9.95. The molecule has 6 heteroatoms. The Balaban J connectivity index is 0.00000216. The minimum absolute atomic E-state index is 0. The first-order chi connectivity index (χ1) is 15.2. The van der Waals surface area contributed by atoms with Crippen LogP contribution in [0.1, 0.15) is 5.56 Å². The fourth-order valence-corrected chi connectivity index (χ4v) is 3.77. The molecule has 1 radical (unpaired) electrons. The Hall–Kier alpha value is -3.86. The van der Waals surface area contributed by atoms with Gasteiger partial charge in [0.05, 0.1) is 45.6 Å². The summed E-state index contributed by atoms with van der Waals surface area (Å²) in [5.74, 6) is 0.234. The molecule has 1 N–H and O–H groups in total. The second-order valence-corrected chi connectivity index (χ2v) is 7.49. The summed E-state index contributed by atoms with van der Waals surface area (Å²) in [5.41, 5.74) is 8.69. The minimum Gasteiger partial charge on any atom is -0.508 e.